The molecule has 0 radical (unpaired) electrons. The van der Waals surface area contributed by atoms with Gasteiger partial charge in [0.2, 0.25) is 0 Å². The molecule has 0 atom stereocenters. The van der Waals surface area contributed by atoms with Gasteiger partial charge >= 0.3 is 0 Å². The number of aryl methyl sites for hydroxylation is 1. The van der Waals surface area contributed by atoms with Crippen LogP contribution in [0.1, 0.15) is 62.7 Å². The molecule has 0 spiro atoms. The van der Waals surface area contributed by atoms with Crippen molar-refractivity contribution in [1.29, 1.82) is 0 Å². The van der Waals surface area contributed by atoms with Gasteiger partial charge in [-0.1, -0.05) is 168 Å². The number of hydrogen-bond donors (Lipinski definition) is 1. The van der Waals surface area contributed by atoms with E-state index in [1.54, 1.807) is 18.2 Å². The molecule has 0 saturated carbocycles. The van der Waals surface area contributed by atoms with Crippen molar-refractivity contribution in [2.24, 2.45) is 0 Å². The van der Waals surface area contributed by atoms with Gasteiger partial charge in [0.1, 0.15) is 11.6 Å². The molecule has 2 aromatic heterocycles. The van der Waals surface area contributed by atoms with Gasteiger partial charge in [0.15, 0.2) is 0 Å². The summed E-state index contributed by atoms with van der Waals surface area (Å²) in [7, 11) is 0. The van der Waals surface area contributed by atoms with E-state index in [9.17, 15) is 5.11 Å². The molecular weight excluding hydrogens is 803 g/mol. The molecule has 2 heterocycles. The van der Waals surface area contributed by atoms with Crippen LogP contribution in [0.3, 0.4) is 0 Å². The fraction of sp³-hybridized carbons (Fsp3) is 0.129. The Labute approximate surface area is 394 Å². The maximum Gasteiger partial charge on any atom is 0.149 e. The minimum absolute atomic E-state index is 0.0471. The van der Waals surface area contributed by atoms with Crippen molar-refractivity contribution in [2.45, 2.75) is 52.8 Å². The molecule has 0 bridgehead atoms. The molecule has 0 amide bonds. The van der Waals surface area contributed by atoms with Gasteiger partial charge in [-0.15, -0.1) is 0 Å². The monoisotopic (exact) mass is 859 g/mol. The maximum atomic E-state index is 11.6. The number of fused-ring (bicyclic) bond motifs is 1. The summed E-state index contributed by atoms with van der Waals surface area (Å²) in [4.78, 5) is 10.4. The summed E-state index contributed by atoms with van der Waals surface area (Å²) in [6.45, 7) is 7.80. The van der Waals surface area contributed by atoms with Gasteiger partial charge in [0, 0.05) is 28.4 Å². The molecule has 0 aliphatic rings. The predicted molar refractivity (Wildman–Crippen MR) is 276 cm³/mol. The zero-order valence-electron chi connectivity index (χ0n) is 41.8. The number of rotatable bonds is 9. The fourth-order valence-corrected chi connectivity index (χ4v) is 8.92. The van der Waals surface area contributed by atoms with Crippen molar-refractivity contribution >= 4 is 11.0 Å². The molecule has 322 valence electrons. The summed E-state index contributed by atoms with van der Waals surface area (Å²) in [6, 6.07) is 64.4. The Balaban J connectivity index is 1.22. The molecule has 0 saturated heterocycles. The van der Waals surface area contributed by atoms with Crippen LogP contribution < -0.4 is 0 Å². The molecule has 0 unspecified atom stereocenters. The topological polar surface area (TPSA) is 50.9 Å². The van der Waals surface area contributed by atoms with E-state index in [-0.39, 0.29) is 16.7 Å². The lowest BCUT2D eigenvalue weighted by Gasteiger charge is -2.21. The molecule has 0 aliphatic carbocycles. The molecule has 0 fully saturated rings. The first-order chi connectivity index (χ1) is 33.5. The Morgan fingerprint density at radius 1 is 0.530 bits per heavy atom. The van der Waals surface area contributed by atoms with E-state index in [1.165, 1.54) is 0 Å². The van der Waals surface area contributed by atoms with E-state index in [1.807, 2.05) is 134 Å². The predicted octanol–water partition coefficient (Wildman–Crippen LogP) is 16.5. The Kier molecular flexibility index (Phi) is 9.83. The Morgan fingerprint density at radius 3 is 1.85 bits per heavy atom. The molecule has 4 nitrogen and oxygen atoms in total. The number of benzene rings is 8. The molecular formula is C62H53N3O. The molecule has 4 heteroatoms. The van der Waals surface area contributed by atoms with Gasteiger partial charge < -0.3 is 5.11 Å². The van der Waals surface area contributed by atoms with E-state index < -0.39 is 12.7 Å². The average molecular weight is 860 g/mol. The number of para-hydroxylation sites is 2. The van der Waals surface area contributed by atoms with Gasteiger partial charge in [0.05, 0.1) is 28.0 Å². The minimum atomic E-state index is -2.49. The third kappa shape index (κ3) is 8.12. The van der Waals surface area contributed by atoms with Crippen LogP contribution in [0.15, 0.2) is 200 Å². The van der Waals surface area contributed by atoms with Gasteiger partial charge in [-0.3, -0.25) is 9.55 Å². The lowest BCUT2D eigenvalue weighted by Crippen LogP contribution is -2.10. The Morgan fingerprint density at radius 2 is 1.15 bits per heavy atom. The molecule has 0 aliphatic heterocycles. The SMILES string of the molecule is [2H]C([2H])([2H])c1cc(-n2c(-c3ccccc3O)nc3c(-c4cc(-c5ccccc5)cc(-c5cc(-c6ccc(C([2H])(C)C)cc6)ccn5)c4)cccc32)c(-c2ccccc2)cc1-c1ccc(C(C)(C)C)cc1. The van der Waals surface area contributed by atoms with Crippen molar-refractivity contribution in [3.63, 3.8) is 0 Å². The summed E-state index contributed by atoms with van der Waals surface area (Å²) in [5, 5.41) is 11.6. The highest BCUT2D eigenvalue weighted by Crippen LogP contribution is 2.43. The zero-order valence-corrected chi connectivity index (χ0v) is 37.8. The van der Waals surface area contributed by atoms with Crippen molar-refractivity contribution in [2.75, 3.05) is 0 Å². The van der Waals surface area contributed by atoms with Crippen LogP contribution in [-0.2, 0) is 5.41 Å². The second-order valence-corrected chi connectivity index (χ2v) is 18.2. The Bertz CT molecular complexity index is 3530. The fourth-order valence-electron chi connectivity index (χ4n) is 8.92. The molecule has 10 aromatic rings. The quantitative estimate of drug-likeness (QED) is 0.157. The second kappa shape index (κ2) is 17.3. The van der Waals surface area contributed by atoms with Crippen LogP contribution in [0.4, 0.5) is 0 Å². The normalized spacial score (nSPS) is 12.9. The summed E-state index contributed by atoms with van der Waals surface area (Å²) < 4.78 is 37.5. The number of phenols is 1. The van der Waals surface area contributed by atoms with Gasteiger partial charge in [-0.2, -0.15) is 0 Å². The highest BCUT2D eigenvalue weighted by Gasteiger charge is 2.24. The molecule has 8 aromatic carbocycles. The summed E-state index contributed by atoms with van der Waals surface area (Å²) in [5.74, 6) is -0.192. The van der Waals surface area contributed by atoms with Crippen LogP contribution in [0.2, 0.25) is 0 Å². The lowest BCUT2D eigenvalue weighted by atomic mass is 9.85. The largest absolute Gasteiger partial charge is 0.507 e. The highest BCUT2D eigenvalue weighted by atomic mass is 16.3. The average Bonchev–Trinajstić information content (AvgIpc) is 3.75. The molecule has 66 heavy (non-hydrogen) atoms. The minimum Gasteiger partial charge on any atom is -0.507 e. The number of phenolic OH excluding ortho intramolecular Hbond substituents is 1. The number of imidazole rings is 1. The second-order valence-electron chi connectivity index (χ2n) is 18.2. The van der Waals surface area contributed by atoms with Crippen LogP contribution >= 0.6 is 0 Å². The van der Waals surface area contributed by atoms with Gasteiger partial charge in [-0.05, 0) is 140 Å². The van der Waals surface area contributed by atoms with Gasteiger partial charge in [0.25, 0.3) is 0 Å². The number of hydrogen-bond acceptors (Lipinski definition) is 3. The van der Waals surface area contributed by atoms with E-state index in [0.717, 1.165) is 78.0 Å². The first-order valence-electron chi connectivity index (χ1n) is 24.4. The van der Waals surface area contributed by atoms with Crippen LogP contribution in [0.25, 0.3) is 95.0 Å². The molecule has 10 rings (SSSR count). The summed E-state index contributed by atoms with van der Waals surface area (Å²) >= 11 is 0. The number of aromatic nitrogens is 3. The van der Waals surface area contributed by atoms with Gasteiger partial charge in [-0.25, -0.2) is 4.98 Å². The number of pyridine rings is 1. The first-order valence-corrected chi connectivity index (χ1v) is 22.4. The van der Waals surface area contributed by atoms with Crippen LogP contribution in [0, 0.1) is 6.85 Å². The van der Waals surface area contributed by atoms with E-state index in [2.05, 4.69) is 87.5 Å². The number of nitrogens with zero attached hydrogens (tertiary/aromatic N) is 3. The van der Waals surface area contributed by atoms with Crippen molar-refractivity contribution in [3.8, 4) is 89.7 Å². The lowest BCUT2D eigenvalue weighted by molar-refractivity contribution is 0.477. The summed E-state index contributed by atoms with van der Waals surface area (Å²) in [5.41, 5.74) is 15.4. The third-order valence-corrected chi connectivity index (χ3v) is 12.6. The van der Waals surface area contributed by atoms with Crippen molar-refractivity contribution < 1.29 is 10.6 Å². The first kappa shape index (κ1) is 37.5. The third-order valence-electron chi connectivity index (χ3n) is 12.6. The Hall–Kier alpha value is -7.82. The van der Waals surface area contributed by atoms with E-state index in [0.29, 0.717) is 28.2 Å². The van der Waals surface area contributed by atoms with Crippen LogP contribution in [0.5, 0.6) is 5.75 Å². The zero-order chi connectivity index (χ0) is 49.0. The number of aromatic hydroxyl groups is 1. The molecule has 1 N–H and O–H groups in total. The highest BCUT2D eigenvalue weighted by molar-refractivity contribution is 5.99. The standard InChI is InChI=1S/C62H53N3O/c1-40(2)42-24-26-44(27-25-42)47-32-33-63-56(38-47)50-36-48(43-16-9-7-10-17-43)35-49(37-50)52-21-15-22-57-60(52)64-61(53-20-13-14-23-59(53)66)65(57)58-34-41(3)54(39-55(58)45-18-11-8-12-19-45)46-28-30-51(31-29-46)62(4,5)6/h7-40,66H,1-6H3/i3D3,40D. The van der Waals surface area contributed by atoms with E-state index in [4.69, 9.17) is 15.5 Å². The van der Waals surface area contributed by atoms with Crippen LogP contribution in [-0.4, -0.2) is 19.6 Å². The van der Waals surface area contributed by atoms with E-state index >= 15 is 0 Å². The van der Waals surface area contributed by atoms with Crippen molar-refractivity contribution in [3.05, 3.63) is 217 Å². The smallest absolute Gasteiger partial charge is 0.149 e. The summed E-state index contributed by atoms with van der Waals surface area (Å²) in [6.07, 6.45) is 1.84. The maximum absolute atomic E-state index is 11.6. The van der Waals surface area contributed by atoms with Crippen molar-refractivity contribution in [1.82, 2.24) is 14.5 Å².